The van der Waals surface area contributed by atoms with E-state index in [0.29, 0.717) is 10.0 Å². The van der Waals surface area contributed by atoms with Gasteiger partial charge in [0.25, 0.3) is 10.0 Å². The number of benzene rings is 2. The Morgan fingerprint density at radius 1 is 1.22 bits per heavy atom. The lowest BCUT2D eigenvalue weighted by atomic mass is 10.2. The van der Waals surface area contributed by atoms with Crippen molar-refractivity contribution in [3.8, 4) is 6.07 Å². The molecule has 118 valence electrons. The van der Waals surface area contributed by atoms with Crippen LogP contribution < -0.4 is 4.72 Å². The molecule has 0 aliphatic rings. The Kier molecular flexibility index (Phi) is 5.03. The summed E-state index contributed by atoms with van der Waals surface area (Å²) in [6, 6.07) is 12.0. The van der Waals surface area contributed by atoms with Gasteiger partial charge in [0.1, 0.15) is 4.90 Å². The summed E-state index contributed by atoms with van der Waals surface area (Å²) in [6.07, 6.45) is 0. The Bertz CT molecular complexity index is 887. The van der Waals surface area contributed by atoms with Crippen molar-refractivity contribution in [3.63, 3.8) is 0 Å². The molecule has 0 saturated heterocycles. The van der Waals surface area contributed by atoms with Crippen LogP contribution in [0.4, 0.5) is 5.69 Å². The van der Waals surface area contributed by atoms with E-state index in [0.717, 1.165) is 0 Å². The Balaban J connectivity index is 2.43. The number of carbonyl (C=O) groups is 1. The lowest BCUT2D eigenvalue weighted by Crippen LogP contribution is -2.17. The lowest BCUT2D eigenvalue weighted by molar-refractivity contribution is 0.0596. The minimum Gasteiger partial charge on any atom is -0.465 e. The number of anilines is 1. The van der Waals surface area contributed by atoms with Crippen LogP contribution >= 0.6 is 15.9 Å². The highest BCUT2D eigenvalue weighted by Gasteiger charge is 2.23. The molecule has 23 heavy (non-hydrogen) atoms. The fourth-order valence-electron chi connectivity index (χ4n) is 1.83. The Labute approximate surface area is 141 Å². The van der Waals surface area contributed by atoms with E-state index in [4.69, 9.17) is 5.26 Å². The highest BCUT2D eigenvalue weighted by Crippen LogP contribution is 2.24. The third-order valence-electron chi connectivity index (χ3n) is 2.90. The summed E-state index contributed by atoms with van der Waals surface area (Å²) in [4.78, 5) is 11.6. The highest BCUT2D eigenvalue weighted by atomic mass is 79.9. The van der Waals surface area contributed by atoms with Gasteiger partial charge in [0.15, 0.2) is 0 Å². The lowest BCUT2D eigenvalue weighted by Gasteiger charge is -2.11. The second-order valence-electron chi connectivity index (χ2n) is 4.43. The zero-order valence-electron chi connectivity index (χ0n) is 11.9. The molecule has 6 nitrogen and oxygen atoms in total. The molecule has 0 unspecified atom stereocenters. The van der Waals surface area contributed by atoms with Gasteiger partial charge in [-0.3, -0.25) is 4.72 Å². The van der Waals surface area contributed by atoms with Crippen molar-refractivity contribution in [2.24, 2.45) is 0 Å². The predicted molar refractivity (Wildman–Crippen MR) is 87.4 cm³/mol. The second-order valence-corrected chi connectivity index (χ2v) is 6.99. The van der Waals surface area contributed by atoms with Crippen molar-refractivity contribution in [1.82, 2.24) is 0 Å². The van der Waals surface area contributed by atoms with E-state index in [2.05, 4.69) is 25.4 Å². The van der Waals surface area contributed by atoms with Crippen LogP contribution in [0.15, 0.2) is 51.8 Å². The molecule has 0 saturated carbocycles. The molecule has 8 heteroatoms. The van der Waals surface area contributed by atoms with Gasteiger partial charge in [-0.25, -0.2) is 13.2 Å². The number of esters is 1. The quantitative estimate of drug-likeness (QED) is 0.804. The molecule has 0 amide bonds. The third kappa shape index (κ3) is 3.88. The average Bonchev–Trinajstić information content (AvgIpc) is 2.54. The first kappa shape index (κ1) is 17.0. The Morgan fingerprint density at radius 3 is 2.43 bits per heavy atom. The van der Waals surface area contributed by atoms with Gasteiger partial charge in [0, 0.05) is 10.2 Å². The molecule has 0 atom stereocenters. The molecule has 2 aromatic carbocycles. The number of ether oxygens (including phenoxy) is 1. The zero-order valence-corrected chi connectivity index (χ0v) is 14.3. The maximum Gasteiger partial charge on any atom is 0.339 e. The van der Waals surface area contributed by atoms with Gasteiger partial charge < -0.3 is 4.74 Å². The van der Waals surface area contributed by atoms with Crippen molar-refractivity contribution in [1.29, 1.82) is 5.26 Å². The topological polar surface area (TPSA) is 96.3 Å². The summed E-state index contributed by atoms with van der Waals surface area (Å²) in [7, 11) is -2.82. The second kappa shape index (κ2) is 6.81. The van der Waals surface area contributed by atoms with E-state index in [9.17, 15) is 13.2 Å². The molecular weight excluding hydrogens is 384 g/mol. The van der Waals surface area contributed by atoms with Crippen molar-refractivity contribution >= 4 is 37.6 Å². The first-order valence-corrected chi connectivity index (χ1v) is 8.56. The number of hydrogen-bond acceptors (Lipinski definition) is 5. The van der Waals surface area contributed by atoms with Crippen LogP contribution in [0.25, 0.3) is 0 Å². The summed E-state index contributed by atoms with van der Waals surface area (Å²) in [6.45, 7) is 0. The first-order valence-electron chi connectivity index (χ1n) is 6.28. The number of nitrogens with one attached hydrogen (secondary N) is 1. The van der Waals surface area contributed by atoms with Crippen LogP contribution in [0.5, 0.6) is 0 Å². The van der Waals surface area contributed by atoms with Crippen LogP contribution in [0.1, 0.15) is 15.9 Å². The molecule has 0 bridgehead atoms. The van der Waals surface area contributed by atoms with Crippen molar-refractivity contribution in [3.05, 3.63) is 58.1 Å². The van der Waals surface area contributed by atoms with Gasteiger partial charge >= 0.3 is 5.97 Å². The average molecular weight is 395 g/mol. The number of hydrogen-bond donors (Lipinski definition) is 1. The summed E-state index contributed by atoms with van der Waals surface area (Å²) in [5.74, 6) is -0.758. The summed E-state index contributed by atoms with van der Waals surface area (Å²) in [5.41, 5.74) is 0.609. The van der Waals surface area contributed by atoms with E-state index >= 15 is 0 Å². The molecule has 1 N–H and O–H groups in total. The van der Waals surface area contributed by atoms with E-state index in [1.165, 1.54) is 49.6 Å². The van der Waals surface area contributed by atoms with Gasteiger partial charge in [-0.05, 0) is 42.5 Å². The number of methoxy groups -OCH3 is 1. The number of rotatable bonds is 4. The molecule has 0 radical (unpaired) electrons. The van der Waals surface area contributed by atoms with Gasteiger partial charge in [0.05, 0.1) is 24.3 Å². The monoisotopic (exact) mass is 394 g/mol. The molecule has 0 spiro atoms. The minimum absolute atomic E-state index is 0.0805. The molecule has 0 aromatic heterocycles. The van der Waals surface area contributed by atoms with Crippen LogP contribution in [-0.4, -0.2) is 21.5 Å². The normalized spacial score (nSPS) is 10.7. The van der Waals surface area contributed by atoms with Gasteiger partial charge in [-0.15, -0.1) is 0 Å². The number of halogens is 1. The summed E-state index contributed by atoms with van der Waals surface area (Å²) >= 11 is 3.19. The first-order chi connectivity index (χ1) is 10.9. The number of carbonyl (C=O) groups excluding carboxylic acids is 1. The molecular formula is C15H11BrN2O4S. The molecule has 0 fully saturated rings. The maximum absolute atomic E-state index is 12.5. The minimum atomic E-state index is -3.99. The van der Waals surface area contributed by atoms with E-state index < -0.39 is 16.0 Å². The Hall–Kier alpha value is -2.37. The van der Waals surface area contributed by atoms with E-state index in [-0.39, 0.29) is 16.1 Å². The smallest absolute Gasteiger partial charge is 0.339 e. The highest BCUT2D eigenvalue weighted by molar-refractivity contribution is 9.10. The van der Waals surface area contributed by atoms with Crippen molar-refractivity contribution < 1.29 is 17.9 Å². The van der Waals surface area contributed by atoms with Crippen LogP contribution in [-0.2, 0) is 14.8 Å². The number of sulfonamides is 1. The van der Waals surface area contributed by atoms with Crippen LogP contribution in [0.2, 0.25) is 0 Å². The molecule has 0 aliphatic heterocycles. The Morgan fingerprint density at radius 2 is 1.87 bits per heavy atom. The zero-order chi connectivity index (χ0) is 17.0. The van der Waals surface area contributed by atoms with Crippen LogP contribution in [0.3, 0.4) is 0 Å². The van der Waals surface area contributed by atoms with Crippen molar-refractivity contribution in [2.45, 2.75) is 4.90 Å². The van der Waals surface area contributed by atoms with Gasteiger partial charge in [0.2, 0.25) is 0 Å². The van der Waals surface area contributed by atoms with E-state index in [1.807, 2.05) is 6.07 Å². The number of nitriles is 1. The molecule has 2 aromatic rings. The molecule has 2 rings (SSSR count). The maximum atomic E-state index is 12.5. The summed E-state index contributed by atoms with van der Waals surface area (Å²) < 4.78 is 32.6. The molecule has 0 heterocycles. The fourth-order valence-corrected chi connectivity index (χ4v) is 3.43. The SMILES string of the molecule is COC(=O)c1cc(Br)ccc1S(=O)(=O)Nc1ccc(C#N)cc1. The molecule has 0 aliphatic carbocycles. The third-order valence-corrected chi connectivity index (χ3v) is 4.84. The standard InChI is InChI=1S/C15H11BrN2O4S/c1-22-15(19)13-8-11(16)4-7-14(13)23(20,21)18-12-5-2-10(9-17)3-6-12/h2-8,18H,1H3. The van der Waals surface area contributed by atoms with Gasteiger partial charge in [-0.1, -0.05) is 15.9 Å². The summed E-state index contributed by atoms with van der Waals surface area (Å²) in [5, 5.41) is 8.75. The van der Waals surface area contributed by atoms with E-state index in [1.54, 1.807) is 0 Å². The predicted octanol–water partition coefficient (Wildman–Crippen LogP) is 2.91. The van der Waals surface area contributed by atoms with Crippen molar-refractivity contribution in [2.75, 3.05) is 11.8 Å². The van der Waals surface area contributed by atoms with Crippen LogP contribution in [0, 0.1) is 11.3 Å². The largest absolute Gasteiger partial charge is 0.465 e. The number of nitrogens with zero attached hydrogens (tertiary/aromatic N) is 1. The fraction of sp³-hybridized carbons (Fsp3) is 0.0667. The van der Waals surface area contributed by atoms with Gasteiger partial charge in [-0.2, -0.15) is 5.26 Å².